The van der Waals surface area contributed by atoms with Gasteiger partial charge in [0.1, 0.15) is 12.6 Å². The molecule has 236 valence electrons. The van der Waals surface area contributed by atoms with E-state index in [2.05, 4.69) is 21.2 Å². The number of carbonyl (C=O) groups is 2. The van der Waals surface area contributed by atoms with E-state index in [0.29, 0.717) is 22.8 Å². The molecule has 0 radical (unpaired) electrons. The molecule has 0 spiro atoms. The fourth-order valence-corrected chi connectivity index (χ4v) is 6.76. The highest BCUT2D eigenvalue weighted by Gasteiger charge is 2.34. The summed E-state index contributed by atoms with van der Waals surface area (Å²) in [7, 11) is -4.17. The lowest BCUT2D eigenvalue weighted by Crippen LogP contribution is -2.53. The smallest absolute Gasteiger partial charge is 0.264 e. The molecule has 1 atom stereocenters. The lowest BCUT2D eigenvalue weighted by atomic mass is 10.0. The highest BCUT2D eigenvalue weighted by Crippen LogP contribution is 2.27. The molecule has 10 heteroatoms. The Morgan fingerprint density at radius 3 is 2.20 bits per heavy atom. The van der Waals surface area contributed by atoms with E-state index in [1.54, 1.807) is 54.6 Å². The van der Waals surface area contributed by atoms with Crippen LogP contribution in [-0.2, 0) is 32.6 Å². The lowest BCUT2D eigenvalue weighted by molar-refractivity contribution is -0.140. The second kappa shape index (κ2) is 16.1. The number of rotatable bonds is 14. The van der Waals surface area contributed by atoms with E-state index in [9.17, 15) is 18.0 Å². The van der Waals surface area contributed by atoms with Crippen molar-refractivity contribution in [2.24, 2.45) is 0 Å². The number of hydrogen-bond donors (Lipinski definition) is 1. The van der Waals surface area contributed by atoms with Gasteiger partial charge in [-0.05, 0) is 73.0 Å². The number of aryl methyl sites for hydroxylation is 1. The number of unbranched alkanes of at least 4 members (excludes halogenated alkanes) is 1. The maximum Gasteiger partial charge on any atom is 0.264 e. The number of carbonyl (C=O) groups excluding carboxylic acids is 2. The van der Waals surface area contributed by atoms with Crippen molar-refractivity contribution in [2.45, 2.75) is 50.6 Å². The summed E-state index contributed by atoms with van der Waals surface area (Å²) in [6.07, 6.45) is 1.93. The number of hydrogen-bond acceptors (Lipinski definition) is 4. The van der Waals surface area contributed by atoms with Crippen LogP contribution < -0.4 is 9.62 Å². The van der Waals surface area contributed by atoms with Gasteiger partial charge in [0.15, 0.2) is 0 Å². The van der Waals surface area contributed by atoms with Gasteiger partial charge in [-0.1, -0.05) is 101 Å². The molecule has 4 aromatic rings. The Morgan fingerprint density at radius 1 is 0.889 bits per heavy atom. The number of nitrogens with zero attached hydrogens (tertiary/aromatic N) is 2. The first kappa shape index (κ1) is 34.2. The fourth-order valence-electron chi connectivity index (χ4n) is 4.87. The fraction of sp³-hybridized carbons (Fsp3) is 0.257. The number of sulfonamides is 1. The van der Waals surface area contributed by atoms with Crippen molar-refractivity contribution in [1.82, 2.24) is 10.2 Å². The molecule has 0 bridgehead atoms. The van der Waals surface area contributed by atoms with Gasteiger partial charge in [-0.15, -0.1) is 0 Å². The van der Waals surface area contributed by atoms with E-state index >= 15 is 0 Å². The van der Waals surface area contributed by atoms with Crippen molar-refractivity contribution >= 4 is 55.1 Å². The Balaban J connectivity index is 1.78. The molecule has 0 aromatic heterocycles. The molecule has 0 heterocycles. The van der Waals surface area contributed by atoms with Crippen molar-refractivity contribution in [1.29, 1.82) is 0 Å². The van der Waals surface area contributed by atoms with Gasteiger partial charge in [0, 0.05) is 29.0 Å². The predicted octanol–water partition coefficient (Wildman–Crippen LogP) is 7.16. The maximum absolute atomic E-state index is 14.5. The summed E-state index contributed by atoms with van der Waals surface area (Å²) in [6, 6.07) is 28.9. The Labute approximate surface area is 279 Å². The average molecular weight is 711 g/mol. The van der Waals surface area contributed by atoms with Crippen LogP contribution in [0.25, 0.3) is 0 Å². The van der Waals surface area contributed by atoms with Crippen molar-refractivity contribution in [3.05, 3.63) is 129 Å². The molecule has 0 saturated heterocycles. The predicted molar refractivity (Wildman–Crippen MR) is 184 cm³/mol. The Kier molecular flexibility index (Phi) is 12.2. The zero-order valence-corrected chi connectivity index (χ0v) is 28.5. The number of anilines is 1. The Morgan fingerprint density at radius 2 is 1.56 bits per heavy atom. The first-order valence-electron chi connectivity index (χ1n) is 14.8. The quantitative estimate of drug-likeness (QED) is 0.141. The molecule has 2 amide bonds. The van der Waals surface area contributed by atoms with Crippen LogP contribution in [0.3, 0.4) is 0 Å². The molecular formula is C35H37BrClN3O4S. The van der Waals surface area contributed by atoms with E-state index < -0.39 is 28.5 Å². The number of nitrogens with one attached hydrogen (secondary N) is 1. The first-order valence-corrected chi connectivity index (χ1v) is 17.4. The van der Waals surface area contributed by atoms with Gasteiger partial charge in [0.25, 0.3) is 10.0 Å². The van der Waals surface area contributed by atoms with Crippen LogP contribution in [0.1, 0.15) is 36.5 Å². The van der Waals surface area contributed by atoms with Gasteiger partial charge >= 0.3 is 0 Å². The molecule has 0 saturated carbocycles. The summed E-state index contributed by atoms with van der Waals surface area (Å²) in [6.45, 7) is 3.90. The molecule has 0 aliphatic heterocycles. The SMILES string of the molecule is CCCCNC(=O)[C@H](Cc1ccccc1)N(Cc1cccc(Cl)c1)C(=O)CN(c1ccc(Br)cc1)S(=O)(=O)c1ccc(C)cc1. The second-order valence-electron chi connectivity index (χ2n) is 10.8. The van der Waals surface area contributed by atoms with Crippen molar-refractivity contribution < 1.29 is 18.0 Å². The summed E-state index contributed by atoms with van der Waals surface area (Å²) in [5.41, 5.74) is 2.81. The van der Waals surface area contributed by atoms with Gasteiger partial charge in [-0.2, -0.15) is 0 Å². The third-order valence-electron chi connectivity index (χ3n) is 7.35. The number of amides is 2. The van der Waals surface area contributed by atoms with E-state index in [0.717, 1.165) is 32.7 Å². The summed E-state index contributed by atoms with van der Waals surface area (Å²) in [4.78, 5) is 29.8. The third-order valence-corrected chi connectivity index (χ3v) is 9.90. The van der Waals surface area contributed by atoms with Crippen LogP contribution in [-0.4, -0.2) is 44.3 Å². The zero-order valence-electron chi connectivity index (χ0n) is 25.3. The van der Waals surface area contributed by atoms with Crippen molar-refractivity contribution in [3.8, 4) is 0 Å². The van der Waals surface area contributed by atoms with E-state index in [1.807, 2.05) is 50.2 Å². The minimum absolute atomic E-state index is 0.0524. The van der Waals surface area contributed by atoms with Crippen LogP contribution in [0, 0.1) is 6.92 Å². The van der Waals surface area contributed by atoms with Crippen LogP contribution in [0.4, 0.5) is 5.69 Å². The molecule has 45 heavy (non-hydrogen) atoms. The monoisotopic (exact) mass is 709 g/mol. The zero-order chi connectivity index (χ0) is 32.4. The molecule has 7 nitrogen and oxygen atoms in total. The average Bonchev–Trinajstić information content (AvgIpc) is 3.02. The van der Waals surface area contributed by atoms with Gasteiger partial charge < -0.3 is 10.2 Å². The van der Waals surface area contributed by atoms with Crippen LogP contribution in [0.2, 0.25) is 5.02 Å². The minimum Gasteiger partial charge on any atom is -0.354 e. The summed E-state index contributed by atoms with van der Waals surface area (Å²) in [5.74, 6) is -0.834. The van der Waals surface area contributed by atoms with E-state index in [1.165, 1.54) is 17.0 Å². The Bertz CT molecular complexity index is 1680. The maximum atomic E-state index is 14.5. The lowest BCUT2D eigenvalue weighted by Gasteiger charge is -2.34. The first-order chi connectivity index (χ1) is 21.6. The number of benzene rings is 4. The van der Waals surface area contributed by atoms with Crippen LogP contribution in [0.15, 0.2) is 112 Å². The normalized spacial score (nSPS) is 11.9. The second-order valence-corrected chi connectivity index (χ2v) is 14.0. The van der Waals surface area contributed by atoms with E-state index in [4.69, 9.17) is 11.6 Å². The summed E-state index contributed by atoms with van der Waals surface area (Å²) < 4.78 is 30.1. The topological polar surface area (TPSA) is 86.8 Å². The molecule has 0 aliphatic carbocycles. The largest absolute Gasteiger partial charge is 0.354 e. The number of halogens is 2. The summed E-state index contributed by atoms with van der Waals surface area (Å²) >= 11 is 9.71. The van der Waals surface area contributed by atoms with E-state index in [-0.39, 0.29) is 23.8 Å². The molecule has 0 aliphatic rings. The van der Waals surface area contributed by atoms with Crippen molar-refractivity contribution in [3.63, 3.8) is 0 Å². The highest BCUT2D eigenvalue weighted by atomic mass is 79.9. The molecule has 4 aromatic carbocycles. The molecule has 0 unspecified atom stereocenters. The third kappa shape index (κ3) is 9.42. The van der Waals surface area contributed by atoms with Crippen LogP contribution >= 0.6 is 27.5 Å². The molecular weight excluding hydrogens is 674 g/mol. The molecule has 0 fully saturated rings. The molecule has 1 N–H and O–H groups in total. The van der Waals surface area contributed by atoms with Gasteiger partial charge in [-0.3, -0.25) is 13.9 Å². The minimum atomic E-state index is -4.17. The van der Waals surface area contributed by atoms with Gasteiger partial charge in [0.05, 0.1) is 10.6 Å². The molecule has 4 rings (SSSR count). The Hall–Kier alpha value is -3.66. The van der Waals surface area contributed by atoms with Gasteiger partial charge in [0.2, 0.25) is 11.8 Å². The van der Waals surface area contributed by atoms with Crippen molar-refractivity contribution in [2.75, 3.05) is 17.4 Å². The summed E-state index contributed by atoms with van der Waals surface area (Å²) in [5, 5.41) is 3.48. The highest BCUT2D eigenvalue weighted by molar-refractivity contribution is 9.10. The van der Waals surface area contributed by atoms with Gasteiger partial charge in [-0.25, -0.2) is 8.42 Å². The standard InChI is InChI=1S/C35H37BrClN3O4S/c1-3-4-21-38-35(42)33(23-27-9-6-5-7-10-27)39(24-28-11-8-12-30(37)22-28)34(41)25-40(31-17-15-29(36)16-18-31)45(43,44)32-19-13-26(2)14-20-32/h5-20,22,33H,3-4,21,23-25H2,1-2H3,(H,38,42)/t33-/m0/s1. The van der Waals surface area contributed by atoms with Crippen LogP contribution in [0.5, 0.6) is 0 Å².